The Morgan fingerprint density at radius 2 is 1.75 bits per heavy atom. The smallest absolute Gasteiger partial charge is 0.290 e. The number of fused-ring (bicyclic) bond motifs is 1. The minimum absolute atomic E-state index is 0.355. The molecule has 1 aromatic heterocycles. The van der Waals surface area contributed by atoms with Gasteiger partial charge in [-0.05, 0) is 25.0 Å². The Bertz CT molecular complexity index is 686. The van der Waals surface area contributed by atoms with Gasteiger partial charge in [0.05, 0.1) is 5.52 Å². The lowest BCUT2D eigenvalue weighted by Gasteiger charge is -2.00. The molecule has 0 radical (unpaired) electrons. The molecular weight excluding hydrogens is 206 g/mol. The summed E-state index contributed by atoms with van der Waals surface area (Å²) < 4.78 is 0. The Morgan fingerprint density at radius 3 is 2.44 bits per heavy atom. The minimum atomic E-state index is -0.652. The predicted octanol–water partition coefficient (Wildman–Crippen LogP) is 1.21. The Kier molecular flexibility index (Phi) is 2.27. The van der Waals surface area contributed by atoms with Crippen LogP contribution >= 0.6 is 0 Å². The maximum absolute atomic E-state index is 11.8. The van der Waals surface area contributed by atoms with Crippen molar-refractivity contribution in [3.8, 4) is 5.75 Å². The van der Waals surface area contributed by atoms with Crippen molar-refractivity contribution in [1.82, 2.24) is 4.98 Å². The van der Waals surface area contributed by atoms with Crippen molar-refractivity contribution in [2.24, 2.45) is 0 Å². The molecule has 0 amide bonds. The van der Waals surface area contributed by atoms with Crippen LogP contribution in [-0.4, -0.2) is 10.1 Å². The van der Waals surface area contributed by atoms with Gasteiger partial charge in [0.15, 0.2) is 11.2 Å². The van der Waals surface area contributed by atoms with Crippen molar-refractivity contribution in [2.75, 3.05) is 0 Å². The van der Waals surface area contributed by atoms with Crippen molar-refractivity contribution in [1.29, 1.82) is 0 Å². The number of hydrogen-bond donors (Lipinski definition) is 2. The van der Waals surface area contributed by atoms with Gasteiger partial charge in [0.25, 0.3) is 5.56 Å². The zero-order chi connectivity index (χ0) is 11.9. The van der Waals surface area contributed by atoms with Gasteiger partial charge in [-0.3, -0.25) is 9.59 Å². The number of H-pyrrole nitrogens is 1. The Hall–Kier alpha value is -2.10. The first-order valence-corrected chi connectivity index (χ1v) is 4.87. The van der Waals surface area contributed by atoms with E-state index < -0.39 is 11.3 Å². The highest BCUT2D eigenvalue weighted by Gasteiger charge is 2.06. The van der Waals surface area contributed by atoms with E-state index >= 15 is 0 Å². The Morgan fingerprint density at radius 1 is 1.12 bits per heavy atom. The van der Waals surface area contributed by atoms with Crippen molar-refractivity contribution < 1.29 is 5.11 Å². The van der Waals surface area contributed by atoms with E-state index in [2.05, 4.69) is 4.98 Å². The largest absolute Gasteiger partial charge is 0.503 e. The van der Waals surface area contributed by atoms with Gasteiger partial charge in [-0.15, -0.1) is 0 Å². The van der Waals surface area contributed by atoms with E-state index in [1.54, 1.807) is 13.8 Å². The van der Waals surface area contributed by atoms with E-state index in [9.17, 15) is 14.7 Å². The van der Waals surface area contributed by atoms with Gasteiger partial charge < -0.3 is 10.1 Å². The standard InChI is InChI=1S/C12H11NO3/c1-6-3-4-7(2)11-10(6)8(14)5-9(15)12(16)13-11/h3-5,15H,1-2H3,(H,13,16). The zero-order valence-corrected chi connectivity index (χ0v) is 9.00. The normalized spacial score (nSPS) is 10.6. The molecule has 0 atom stereocenters. The van der Waals surface area contributed by atoms with E-state index in [0.29, 0.717) is 10.9 Å². The monoisotopic (exact) mass is 217 g/mol. The maximum atomic E-state index is 11.8. The number of benzene rings is 1. The molecule has 1 heterocycles. The van der Waals surface area contributed by atoms with Gasteiger partial charge in [-0.25, -0.2) is 0 Å². The van der Waals surface area contributed by atoms with Crippen LogP contribution in [0.15, 0.2) is 27.8 Å². The molecule has 1 aromatic carbocycles. The first-order chi connectivity index (χ1) is 7.50. The third kappa shape index (κ3) is 1.48. The minimum Gasteiger partial charge on any atom is -0.503 e. The quantitative estimate of drug-likeness (QED) is 0.696. The first-order valence-electron chi connectivity index (χ1n) is 4.87. The number of hydrogen-bond acceptors (Lipinski definition) is 3. The second-order valence-electron chi connectivity index (χ2n) is 3.80. The van der Waals surface area contributed by atoms with Crippen LogP contribution in [0.4, 0.5) is 0 Å². The summed E-state index contributed by atoms with van der Waals surface area (Å²) >= 11 is 0. The van der Waals surface area contributed by atoms with Crippen molar-refractivity contribution >= 4 is 10.9 Å². The summed E-state index contributed by atoms with van der Waals surface area (Å²) in [6.45, 7) is 3.59. The number of aryl methyl sites for hydroxylation is 2. The highest BCUT2D eigenvalue weighted by molar-refractivity contribution is 5.84. The third-order valence-corrected chi connectivity index (χ3v) is 2.61. The maximum Gasteiger partial charge on any atom is 0.290 e. The van der Waals surface area contributed by atoms with E-state index in [4.69, 9.17) is 0 Å². The summed E-state index contributed by atoms with van der Waals surface area (Å²) in [5, 5.41) is 9.75. The highest BCUT2D eigenvalue weighted by atomic mass is 16.3. The lowest BCUT2D eigenvalue weighted by Crippen LogP contribution is -2.01. The lowest BCUT2D eigenvalue weighted by molar-refractivity contribution is 0.468. The van der Waals surface area contributed by atoms with Crippen LogP contribution in [0.2, 0.25) is 0 Å². The van der Waals surface area contributed by atoms with Crippen molar-refractivity contribution in [3.05, 3.63) is 49.9 Å². The fraction of sp³-hybridized carbons (Fsp3) is 0.167. The van der Waals surface area contributed by atoms with Gasteiger partial charge >= 0.3 is 0 Å². The van der Waals surface area contributed by atoms with Crippen LogP contribution in [0.25, 0.3) is 10.9 Å². The van der Waals surface area contributed by atoms with Crippen LogP contribution in [0.5, 0.6) is 5.75 Å². The van der Waals surface area contributed by atoms with Gasteiger partial charge in [-0.1, -0.05) is 12.1 Å². The van der Waals surface area contributed by atoms with Crippen molar-refractivity contribution in [3.63, 3.8) is 0 Å². The summed E-state index contributed by atoms with van der Waals surface area (Å²) in [5.41, 5.74) is 1.05. The van der Waals surface area contributed by atoms with Gasteiger partial charge in [0.2, 0.25) is 0 Å². The summed E-state index contributed by atoms with van der Waals surface area (Å²) in [6.07, 6.45) is 0. The molecule has 0 saturated carbocycles. The molecule has 0 aliphatic rings. The van der Waals surface area contributed by atoms with E-state index in [-0.39, 0.29) is 5.43 Å². The fourth-order valence-corrected chi connectivity index (χ4v) is 1.73. The number of nitrogens with one attached hydrogen (secondary N) is 1. The van der Waals surface area contributed by atoms with Gasteiger partial charge in [-0.2, -0.15) is 0 Å². The molecule has 16 heavy (non-hydrogen) atoms. The summed E-state index contributed by atoms with van der Waals surface area (Å²) in [7, 11) is 0. The molecule has 2 N–H and O–H groups in total. The van der Waals surface area contributed by atoms with Crippen LogP contribution < -0.4 is 11.0 Å². The molecule has 0 saturated heterocycles. The molecule has 4 nitrogen and oxygen atoms in total. The van der Waals surface area contributed by atoms with Gasteiger partial charge in [0, 0.05) is 11.5 Å². The lowest BCUT2D eigenvalue weighted by atomic mass is 10.1. The number of aromatic hydroxyl groups is 1. The summed E-state index contributed by atoms with van der Waals surface area (Å²) in [6, 6.07) is 4.59. The molecule has 2 rings (SSSR count). The second-order valence-corrected chi connectivity index (χ2v) is 3.80. The van der Waals surface area contributed by atoms with Crippen LogP contribution in [-0.2, 0) is 0 Å². The molecule has 0 aliphatic heterocycles. The van der Waals surface area contributed by atoms with Crippen LogP contribution in [0, 0.1) is 13.8 Å². The van der Waals surface area contributed by atoms with Crippen LogP contribution in [0.3, 0.4) is 0 Å². The Labute approximate surface area is 91.2 Å². The predicted molar refractivity (Wildman–Crippen MR) is 62.0 cm³/mol. The fourth-order valence-electron chi connectivity index (χ4n) is 1.73. The average Bonchev–Trinajstić information content (AvgIpc) is 2.33. The van der Waals surface area contributed by atoms with E-state index in [0.717, 1.165) is 17.2 Å². The Balaban J connectivity index is 3.22. The summed E-state index contributed by atoms with van der Waals surface area (Å²) in [4.78, 5) is 25.7. The number of aromatic nitrogens is 1. The van der Waals surface area contributed by atoms with Gasteiger partial charge in [0.1, 0.15) is 0 Å². The highest BCUT2D eigenvalue weighted by Crippen LogP contribution is 2.15. The molecule has 0 unspecified atom stereocenters. The first kappa shape index (κ1) is 10.4. The SMILES string of the molecule is Cc1ccc(C)c2c(=O)cc(O)c(=O)[nH]c12. The second kappa shape index (κ2) is 3.48. The molecule has 0 fully saturated rings. The molecule has 0 bridgehead atoms. The van der Waals surface area contributed by atoms with E-state index in [1.807, 2.05) is 12.1 Å². The van der Waals surface area contributed by atoms with Crippen LogP contribution in [0.1, 0.15) is 11.1 Å². The third-order valence-electron chi connectivity index (χ3n) is 2.61. The topological polar surface area (TPSA) is 70.2 Å². The molecule has 4 heteroatoms. The van der Waals surface area contributed by atoms with Crippen molar-refractivity contribution in [2.45, 2.75) is 13.8 Å². The number of rotatable bonds is 0. The molecule has 0 spiro atoms. The average molecular weight is 217 g/mol. The summed E-state index contributed by atoms with van der Waals surface area (Å²) in [5.74, 6) is -0.556. The molecule has 82 valence electrons. The molecule has 2 aromatic rings. The van der Waals surface area contributed by atoms with E-state index in [1.165, 1.54) is 0 Å². The molecule has 0 aliphatic carbocycles. The number of aromatic amines is 1. The molecular formula is C12H11NO3. The zero-order valence-electron chi connectivity index (χ0n) is 9.00.